The quantitative estimate of drug-likeness (QED) is 0.700. The summed E-state index contributed by atoms with van der Waals surface area (Å²) in [6, 6.07) is 9.03. The van der Waals surface area contributed by atoms with Crippen molar-refractivity contribution in [2.45, 2.75) is 46.6 Å². The van der Waals surface area contributed by atoms with Crippen LogP contribution in [0.25, 0.3) is 0 Å². The summed E-state index contributed by atoms with van der Waals surface area (Å²) in [5.41, 5.74) is 8.93. The van der Waals surface area contributed by atoms with Crippen molar-refractivity contribution >= 4 is 11.8 Å². The van der Waals surface area contributed by atoms with Crippen LogP contribution in [0.15, 0.2) is 24.3 Å². The summed E-state index contributed by atoms with van der Waals surface area (Å²) < 4.78 is 0. The standard InChI is InChI=1S/C17H29NS/c1-13(2)9-10-19-12-17(18)16-7-5-15(6-8-16)11-14(3)4/h5-8,13-14,17H,9-12,18H2,1-4H3. The maximum absolute atomic E-state index is 6.24. The van der Waals surface area contributed by atoms with E-state index < -0.39 is 0 Å². The second kappa shape index (κ2) is 8.65. The lowest BCUT2D eigenvalue weighted by molar-refractivity contribution is 0.631. The maximum atomic E-state index is 6.24. The molecule has 1 aromatic rings. The van der Waals surface area contributed by atoms with Gasteiger partial charge in [0.1, 0.15) is 0 Å². The van der Waals surface area contributed by atoms with Gasteiger partial charge in [-0.25, -0.2) is 0 Å². The van der Waals surface area contributed by atoms with Crippen LogP contribution >= 0.6 is 11.8 Å². The average Bonchev–Trinajstić information content (AvgIpc) is 2.34. The van der Waals surface area contributed by atoms with Gasteiger partial charge in [-0.1, -0.05) is 52.0 Å². The van der Waals surface area contributed by atoms with E-state index in [-0.39, 0.29) is 6.04 Å². The number of hydrogen-bond acceptors (Lipinski definition) is 2. The minimum Gasteiger partial charge on any atom is -0.323 e. The Morgan fingerprint density at radius 1 is 1.00 bits per heavy atom. The highest BCUT2D eigenvalue weighted by Crippen LogP contribution is 2.19. The first-order valence-electron chi connectivity index (χ1n) is 7.41. The van der Waals surface area contributed by atoms with Crippen LogP contribution in [0.2, 0.25) is 0 Å². The molecule has 0 bridgehead atoms. The zero-order chi connectivity index (χ0) is 14.3. The van der Waals surface area contributed by atoms with E-state index in [0.717, 1.165) is 18.1 Å². The lowest BCUT2D eigenvalue weighted by Gasteiger charge is -2.13. The van der Waals surface area contributed by atoms with Crippen LogP contribution in [0.5, 0.6) is 0 Å². The second-order valence-electron chi connectivity index (χ2n) is 6.20. The first-order valence-corrected chi connectivity index (χ1v) is 8.56. The molecule has 0 aliphatic rings. The zero-order valence-corrected chi connectivity index (χ0v) is 13.7. The predicted octanol–water partition coefficient (Wildman–Crippen LogP) is 4.66. The Balaban J connectivity index is 2.37. The monoisotopic (exact) mass is 279 g/mol. The Hall–Kier alpha value is -0.470. The first kappa shape index (κ1) is 16.6. The molecule has 0 aromatic heterocycles. The summed E-state index contributed by atoms with van der Waals surface area (Å²) >= 11 is 1.97. The van der Waals surface area contributed by atoms with Crippen molar-refractivity contribution in [1.82, 2.24) is 0 Å². The summed E-state index contributed by atoms with van der Waals surface area (Å²) in [5.74, 6) is 3.75. The second-order valence-corrected chi connectivity index (χ2v) is 7.35. The summed E-state index contributed by atoms with van der Waals surface area (Å²) in [4.78, 5) is 0. The zero-order valence-electron chi connectivity index (χ0n) is 12.9. The smallest absolute Gasteiger partial charge is 0.0386 e. The van der Waals surface area contributed by atoms with E-state index >= 15 is 0 Å². The van der Waals surface area contributed by atoms with Crippen molar-refractivity contribution in [3.05, 3.63) is 35.4 Å². The highest BCUT2D eigenvalue weighted by Gasteiger charge is 2.07. The molecular formula is C17H29NS. The van der Waals surface area contributed by atoms with Crippen molar-refractivity contribution in [2.75, 3.05) is 11.5 Å². The molecule has 0 amide bonds. The lowest BCUT2D eigenvalue weighted by Crippen LogP contribution is -2.13. The maximum Gasteiger partial charge on any atom is 0.0386 e. The van der Waals surface area contributed by atoms with Gasteiger partial charge in [0.25, 0.3) is 0 Å². The fraction of sp³-hybridized carbons (Fsp3) is 0.647. The summed E-state index contributed by atoms with van der Waals surface area (Å²) in [7, 11) is 0. The number of benzene rings is 1. The molecule has 19 heavy (non-hydrogen) atoms. The van der Waals surface area contributed by atoms with Gasteiger partial charge in [-0.15, -0.1) is 0 Å². The normalized spacial score (nSPS) is 13.2. The van der Waals surface area contributed by atoms with Crippen LogP contribution < -0.4 is 5.73 Å². The fourth-order valence-corrected chi connectivity index (χ4v) is 3.25. The van der Waals surface area contributed by atoms with Gasteiger partial charge in [0.05, 0.1) is 0 Å². The molecule has 0 saturated heterocycles. The van der Waals surface area contributed by atoms with Crippen molar-refractivity contribution < 1.29 is 0 Å². The minimum absolute atomic E-state index is 0.172. The first-order chi connectivity index (χ1) is 8.99. The Morgan fingerprint density at radius 3 is 2.16 bits per heavy atom. The van der Waals surface area contributed by atoms with Gasteiger partial charge in [0, 0.05) is 11.8 Å². The topological polar surface area (TPSA) is 26.0 Å². The van der Waals surface area contributed by atoms with E-state index in [1.54, 1.807) is 0 Å². The molecule has 2 heteroatoms. The van der Waals surface area contributed by atoms with Crippen molar-refractivity contribution in [3.8, 4) is 0 Å². The average molecular weight is 279 g/mol. The van der Waals surface area contributed by atoms with Crippen LogP contribution in [0.3, 0.4) is 0 Å². The molecule has 0 aliphatic heterocycles. The van der Waals surface area contributed by atoms with Gasteiger partial charge >= 0.3 is 0 Å². The molecule has 1 unspecified atom stereocenters. The molecule has 0 fully saturated rings. The van der Waals surface area contributed by atoms with E-state index in [4.69, 9.17) is 5.73 Å². The highest BCUT2D eigenvalue weighted by molar-refractivity contribution is 7.99. The summed E-state index contributed by atoms with van der Waals surface area (Å²) in [6.45, 7) is 9.05. The molecule has 1 atom stereocenters. The summed E-state index contributed by atoms with van der Waals surface area (Å²) in [6.07, 6.45) is 2.43. The number of rotatable bonds is 8. The molecule has 1 aromatic carbocycles. The summed E-state index contributed by atoms with van der Waals surface area (Å²) in [5, 5.41) is 0. The third-order valence-corrected chi connectivity index (χ3v) is 4.31. The Bertz CT molecular complexity index is 343. The van der Waals surface area contributed by atoms with Crippen LogP contribution in [-0.4, -0.2) is 11.5 Å². The lowest BCUT2D eigenvalue weighted by atomic mass is 10.0. The predicted molar refractivity (Wildman–Crippen MR) is 88.7 cm³/mol. The largest absolute Gasteiger partial charge is 0.323 e. The van der Waals surface area contributed by atoms with Crippen molar-refractivity contribution in [1.29, 1.82) is 0 Å². The van der Waals surface area contributed by atoms with Gasteiger partial charge in [0.2, 0.25) is 0 Å². The third-order valence-electron chi connectivity index (χ3n) is 3.19. The fourth-order valence-electron chi connectivity index (χ4n) is 2.00. The highest BCUT2D eigenvalue weighted by atomic mass is 32.2. The molecule has 0 saturated carbocycles. The van der Waals surface area contributed by atoms with Crippen molar-refractivity contribution in [2.24, 2.45) is 17.6 Å². The van der Waals surface area contributed by atoms with Crippen LogP contribution in [0.4, 0.5) is 0 Å². The SMILES string of the molecule is CC(C)CCSCC(N)c1ccc(CC(C)C)cc1. The molecular weight excluding hydrogens is 250 g/mol. The van der Waals surface area contributed by atoms with Gasteiger partial charge < -0.3 is 5.73 Å². The van der Waals surface area contributed by atoms with E-state index in [9.17, 15) is 0 Å². The number of hydrogen-bond donors (Lipinski definition) is 1. The number of thioether (sulfide) groups is 1. The Kier molecular flexibility index (Phi) is 7.55. The van der Waals surface area contributed by atoms with Crippen LogP contribution in [0, 0.1) is 11.8 Å². The Morgan fingerprint density at radius 2 is 1.63 bits per heavy atom. The van der Waals surface area contributed by atoms with E-state index in [1.165, 1.54) is 23.3 Å². The van der Waals surface area contributed by atoms with Crippen LogP contribution in [0.1, 0.15) is 51.3 Å². The van der Waals surface area contributed by atoms with Crippen LogP contribution in [-0.2, 0) is 6.42 Å². The van der Waals surface area contributed by atoms with Gasteiger partial charge in [-0.2, -0.15) is 11.8 Å². The molecule has 0 heterocycles. The van der Waals surface area contributed by atoms with Gasteiger partial charge in [0.15, 0.2) is 0 Å². The van der Waals surface area contributed by atoms with Gasteiger partial charge in [-0.3, -0.25) is 0 Å². The molecule has 0 radical (unpaired) electrons. The molecule has 1 nitrogen and oxygen atoms in total. The Labute approximate surface area is 123 Å². The van der Waals surface area contributed by atoms with Gasteiger partial charge in [-0.05, 0) is 41.6 Å². The molecule has 0 aliphatic carbocycles. The minimum atomic E-state index is 0.172. The molecule has 2 N–H and O–H groups in total. The van der Waals surface area contributed by atoms with E-state index in [0.29, 0.717) is 5.92 Å². The van der Waals surface area contributed by atoms with E-state index in [2.05, 4.69) is 52.0 Å². The third kappa shape index (κ3) is 7.03. The molecule has 108 valence electrons. The molecule has 0 spiro atoms. The van der Waals surface area contributed by atoms with E-state index in [1.807, 2.05) is 11.8 Å². The number of nitrogens with two attached hydrogens (primary N) is 1. The molecule has 1 rings (SSSR count). The van der Waals surface area contributed by atoms with Crippen molar-refractivity contribution in [3.63, 3.8) is 0 Å².